The number of para-hydroxylation sites is 1. The van der Waals surface area contributed by atoms with Crippen molar-refractivity contribution in [1.29, 1.82) is 0 Å². The van der Waals surface area contributed by atoms with E-state index >= 15 is 0 Å². The van der Waals surface area contributed by atoms with E-state index in [-0.39, 0.29) is 5.82 Å². The summed E-state index contributed by atoms with van der Waals surface area (Å²) in [6.07, 6.45) is 0. The number of nitrogens with one attached hydrogen (secondary N) is 2. The van der Waals surface area contributed by atoms with E-state index in [2.05, 4.69) is 20.6 Å². The smallest absolute Gasteiger partial charge is 0.229 e. The molecule has 0 bridgehead atoms. The highest BCUT2D eigenvalue weighted by Crippen LogP contribution is 2.32. The molecule has 0 fully saturated rings. The van der Waals surface area contributed by atoms with Gasteiger partial charge in [0.25, 0.3) is 0 Å². The lowest BCUT2D eigenvalue weighted by atomic mass is 10.2. The first-order valence-corrected chi connectivity index (χ1v) is 9.32. The number of hydrogen-bond donors (Lipinski definition) is 2. The summed E-state index contributed by atoms with van der Waals surface area (Å²) in [6, 6.07) is 19.3. The van der Waals surface area contributed by atoms with Crippen LogP contribution in [0.5, 0.6) is 0 Å². The zero-order valence-corrected chi connectivity index (χ0v) is 16.1. The van der Waals surface area contributed by atoms with Gasteiger partial charge in [0, 0.05) is 11.9 Å². The van der Waals surface area contributed by atoms with Crippen LogP contribution in [0.15, 0.2) is 66.7 Å². The maximum Gasteiger partial charge on any atom is 0.229 e. The fourth-order valence-corrected chi connectivity index (χ4v) is 3.12. The second kappa shape index (κ2) is 8.00. The Morgan fingerprint density at radius 2 is 1.64 bits per heavy atom. The van der Waals surface area contributed by atoms with Gasteiger partial charge in [-0.05, 0) is 42.0 Å². The predicted octanol–water partition coefficient (Wildman–Crippen LogP) is 6.43. The summed E-state index contributed by atoms with van der Waals surface area (Å²) in [4.78, 5) is 9.15. The Morgan fingerprint density at radius 3 is 2.46 bits per heavy atom. The number of fused-ring (bicyclic) bond motifs is 1. The minimum absolute atomic E-state index is 0.263. The molecule has 0 aliphatic heterocycles. The summed E-state index contributed by atoms with van der Waals surface area (Å²) < 4.78 is 13.1. The van der Waals surface area contributed by atoms with Crippen LogP contribution in [0.1, 0.15) is 5.56 Å². The molecule has 0 unspecified atom stereocenters. The molecule has 4 rings (SSSR count). The lowest BCUT2D eigenvalue weighted by Gasteiger charge is -2.13. The topological polar surface area (TPSA) is 49.8 Å². The first kappa shape index (κ1) is 18.5. The van der Waals surface area contributed by atoms with Gasteiger partial charge in [-0.25, -0.2) is 9.37 Å². The van der Waals surface area contributed by atoms with Crippen LogP contribution in [0.4, 0.5) is 21.8 Å². The molecule has 3 aromatic carbocycles. The Hall–Kier alpha value is -2.89. The molecule has 4 aromatic rings. The average Bonchev–Trinajstić information content (AvgIpc) is 2.71. The van der Waals surface area contributed by atoms with Crippen molar-refractivity contribution in [2.45, 2.75) is 6.54 Å². The molecule has 1 heterocycles. The normalized spacial score (nSPS) is 10.8. The van der Waals surface area contributed by atoms with Gasteiger partial charge in [-0.3, -0.25) is 0 Å². The number of hydrogen-bond acceptors (Lipinski definition) is 4. The van der Waals surface area contributed by atoms with Gasteiger partial charge in [-0.15, -0.1) is 0 Å². The highest BCUT2D eigenvalue weighted by molar-refractivity contribution is 6.43. The molecule has 0 aliphatic rings. The van der Waals surface area contributed by atoms with Gasteiger partial charge in [0.15, 0.2) is 0 Å². The number of nitrogens with zero attached hydrogens (tertiary/aromatic N) is 2. The molecule has 0 saturated carbocycles. The van der Waals surface area contributed by atoms with Gasteiger partial charge in [-0.1, -0.05) is 53.5 Å². The highest BCUT2D eigenvalue weighted by atomic mass is 35.5. The zero-order chi connectivity index (χ0) is 19.5. The van der Waals surface area contributed by atoms with Crippen molar-refractivity contribution in [3.05, 3.63) is 88.2 Å². The lowest BCUT2D eigenvalue weighted by molar-refractivity contribution is 0.627. The van der Waals surface area contributed by atoms with E-state index < -0.39 is 0 Å². The van der Waals surface area contributed by atoms with E-state index in [1.54, 1.807) is 30.3 Å². The molecule has 4 nitrogen and oxygen atoms in total. The molecule has 0 amide bonds. The Morgan fingerprint density at radius 1 is 0.857 bits per heavy atom. The molecule has 7 heteroatoms. The van der Waals surface area contributed by atoms with E-state index in [0.29, 0.717) is 34.0 Å². The maximum absolute atomic E-state index is 13.1. The molecule has 2 N–H and O–H groups in total. The lowest BCUT2D eigenvalue weighted by Crippen LogP contribution is -2.06. The molecular formula is C21H15Cl2FN4. The van der Waals surface area contributed by atoms with Crippen LogP contribution in [0.25, 0.3) is 10.9 Å². The van der Waals surface area contributed by atoms with Crippen molar-refractivity contribution in [3.8, 4) is 0 Å². The Kier molecular flexibility index (Phi) is 5.28. The zero-order valence-electron chi connectivity index (χ0n) is 14.6. The quantitative estimate of drug-likeness (QED) is 0.396. The summed E-state index contributed by atoms with van der Waals surface area (Å²) in [7, 11) is 0. The summed E-state index contributed by atoms with van der Waals surface area (Å²) in [6.45, 7) is 0.499. The number of rotatable bonds is 5. The van der Waals surface area contributed by atoms with E-state index in [1.165, 1.54) is 12.1 Å². The van der Waals surface area contributed by atoms with Gasteiger partial charge in [-0.2, -0.15) is 4.98 Å². The molecule has 28 heavy (non-hydrogen) atoms. The van der Waals surface area contributed by atoms with Crippen LogP contribution in [-0.2, 0) is 6.54 Å². The van der Waals surface area contributed by atoms with Crippen molar-refractivity contribution in [2.24, 2.45) is 0 Å². The average molecular weight is 413 g/mol. The molecular weight excluding hydrogens is 398 g/mol. The van der Waals surface area contributed by atoms with Crippen molar-refractivity contribution in [3.63, 3.8) is 0 Å². The van der Waals surface area contributed by atoms with E-state index in [9.17, 15) is 4.39 Å². The largest absolute Gasteiger partial charge is 0.365 e. The second-order valence-electron chi connectivity index (χ2n) is 6.12. The van der Waals surface area contributed by atoms with Crippen LogP contribution < -0.4 is 10.6 Å². The third-order valence-electron chi connectivity index (χ3n) is 4.17. The Bertz CT molecular complexity index is 1130. The first-order valence-electron chi connectivity index (χ1n) is 8.56. The van der Waals surface area contributed by atoms with Gasteiger partial charge in [0.2, 0.25) is 5.95 Å². The second-order valence-corrected chi connectivity index (χ2v) is 6.90. The van der Waals surface area contributed by atoms with Gasteiger partial charge in [0.05, 0.1) is 21.2 Å². The first-order chi connectivity index (χ1) is 13.6. The summed E-state index contributed by atoms with van der Waals surface area (Å²) in [5.74, 6) is 0.793. The summed E-state index contributed by atoms with van der Waals surface area (Å²) >= 11 is 12.3. The monoisotopic (exact) mass is 412 g/mol. The predicted molar refractivity (Wildman–Crippen MR) is 113 cm³/mol. The highest BCUT2D eigenvalue weighted by Gasteiger charge is 2.10. The van der Waals surface area contributed by atoms with Crippen LogP contribution in [-0.4, -0.2) is 9.97 Å². The Balaban J connectivity index is 1.66. The van der Waals surface area contributed by atoms with Crippen molar-refractivity contribution < 1.29 is 4.39 Å². The summed E-state index contributed by atoms with van der Waals surface area (Å²) in [5, 5.41) is 8.16. The number of halogens is 3. The van der Waals surface area contributed by atoms with Crippen LogP contribution in [0.2, 0.25) is 10.0 Å². The maximum atomic E-state index is 13.1. The van der Waals surface area contributed by atoms with Gasteiger partial charge in [0.1, 0.15) is 11.6 Å². The van der Waals surface area contributed by atoms with E-state index in [4.69, 9.17) is 23.2 Å². The fourth-order valence-electron chi connectivity index (χ4n) is 2.78. The van der Waals surface area contributed by atoms with Crippen molar-refractivity contribution in [1.82, 2.24) is 9.97 Å². The van der Waals surface area contributed by atoms with Crippen molar-refractivity contribution in [2.75, 3.05) is 10.6 Å². The SMILES string of the molecule is Fc1ccc(CNc2nc(Nc3cccc(Cl)c3Cl)nc3ccccc23)cc1. The van der Waals surface area contributed by atoms with Gasteiger partial charge < -0.3 is 10.6 Å². The van der Waals surface area contributed by atoms with Crippen LogP contribution in [0.3, 0.4) is 0 Å². The molecule has 140 valence electrons. The molecule has 0 saturated heterocycles. The standard InChI is InChI=1S/C21H15Cl2FN4/c22-16-5-3-7-18(19(16)23)27-21-26-17-6-2-1-4-15(17)20(28-21)25-12-13-8-10-14(24)11-9-13/h1-11H,12H2,(H2,25,26,27,28). The number of anilines is 3. The fraction of sp³-hybridized carbons (Fsp3) is 0.0476. The number of aromatic nitrogens is 2. The third-order valence-corrected chi connectivity index (χ3v) is 4.99. The Labute approximate surface area is 171 Å². The molecule has 0 aliphatic carbocycles. The van der Waals surface area contributed by atoms with Crippen molar-refractivity contribution >= 4 is 51.6 Å². The van der Waals surface area contributed by atoms with E-state index in [1.807, 2.05) is 24.3 Å². The summed E-state index contributed by atoms with van der Waals surface area (Å²) in [5.41, 5.74) is 2.34. The van der Waals surface area contributed by atoms with Crippen LogP contribution in [0, 0.1) is 5.82 Å². The van der Waals surface area contributed by atoms with E-state index in [0.717, 1.165) is 16.5 Å². The molecule has 0 radical (unpaired) electrons. The molecule has 1 aromatic heterocycles. The number of benzene rings is 3. The minimum Gasteiger partial charge on any atom is -0.365 e. The van der Waals surface area contributed by atoms with Gasteiger partial charge >= 0.3 is 0 Å². The van der Waals surface area contributed by atoms with Crippen LogP contribution >= 0.6 is 23.2 Å². The minimum atomic E-state index is -0.263. The molecule has 0 atom stereocenters. The molecule has 0 spiro atoms. The third kappa shape index (κ3) is 4.01.